The van der Waals surface area contributed by atoms with E-state index in [9.17, 15) is 23.4 Å². The van der Waals surface area contributed by atoms with Gasteiger partial charge >= 0.3 is 6.18 Å². The number of rotatable bonds is 3. The lowest BCUT2D eigenvalue weighted by Gasteiger charge is -2.35. The van der Waals surface area contributed by atoms with Crippen LogP contribution in [-0.4, -0.2) is 47.5 Å². The smallest absolute Gasteiger partial charge is 0.390 e. The fraction of sp³-hybridized carbons (Fsp3) is 0.538. The Labute approximate surface area is 127 Å². The van der Waals surface area contributed by atoms with E-state index in [4.69, 9.17) is 0 Å². The Bertz CT molecular complexity index is 445. The number of nitrogens with zero attached hydrogens (tertiary/aromatic N) is 1. The Hall–Kier alpha value is -1.18. The first-order valence-corrected chi connectivity index (χ1v) is 6.39. The van der Waals surface area contributed by atoms with E-state index in [2.05, 4.69) is 5.32 Å². The van der Waals surface area contributed by atoms with E-state index in [0.29, 0.717) is 26.2 Å². The van der Waals surface area contributed by atoms with Crippen molar-refractivity contribution < 1.29 is 23.4 Å². The highest BCUT2D eigenvalue weighted by Gasteiger charge is 2.36. The Kier molecular flexibility index (Phi) is 6.12. The minimum Gasteiger partial charge on any atom is -0.508 e. The van der Waals surface area contributed by atoms with Crippen LogP contribution in [0.3, 0.4) is 0 Å². The molecule has 1 aromatic carbocycles. The molecule has 120 valence electrons. The Morgan fingerprint density at radius 1 is 1.10 bits per heavy atom. The summed E-state index contributed by atoms with van der Waals surface area (Å²) in [6.07, 6.45) is -5.31. The third kappa shape index (κ3) is 5.26. The minimum atomic E-state index is -4.31. The van der Waals surface area contributed by atoms with E-state index in [1.54, 1.807) is 4.90 Å². The predicted octanol–water partition coefficient (Wildman–Crippen LogP) is 2.42. The van der Waals surface area contributed by atoms with Crippen LogP contribution in [0.4, 0.5) is 13.2 Å². The van der Waals surface area contributed by atoms with Crippen molar-refractivity contribution in [2.45, 2.75) is 18.6 Å². The first-order valence-electron chi connectivity index (χ1n) is 6.39. The second-order valence-electron chi connectivity index (χ2n) is 4.90. The second kappa shape index (κ2) is 7.20. The maximum absolute atomic E-state index is 12.8. The number of alkyl halides is 3. The van der Waals surface area contributed by atoms with Crippen molar-refractivity contribution in [2.75, 3.05) is 26.2 Å². The number of hydrogen-bond donors (Lipinski definition) is 3. The van der Waals surface area contributed by atoms with Crippen LogP contribution < -0.4 is 5.32 Å². The largest absolute Gasteiger partial charge is 0.508 e. The van der Waals surface area contributed by atoms with Crippen molar-refractivity contribution >= 4 is 12.4 Å². The average Bonchev–Trinajstić information content (AvgIpc) is 2.35. The van der Waals surface area contributed by atoms with Crippen molar-refractivity contribution in [2.24, 2.45) is 0 Å². The summed E-state index contributed by atoms with van der Waals surface area (Å²) < 4.78 is 38.3. The fourth-order valence-corrected chi connectivity index (χ4v) is 2.48. The molecule has 1 atom stereocenters. The Morgan fingerprint density at radius 3 is 2.10 bits per heavy atom. The zero-order valence-corrected chi connectivity index (χ0v) is 12.0. The molecule has 0 radical (unpaired) electrons. The number of aromatic hydroxyl groups is 2. The molecule has 0 unspecified atom stereocenters. The Balaban J connectivity index is 0.00000220. The molecule has 8 heteroatoms. The van der Waals surface area contributed by atoms with Crippen LogP contribution in [0.5, 0.6) is 11.5 Å². The summed E-state index contributed by atoms with van der Waals surface area (Å²) in [7, 11) is 0. The number of phenolic OH excluding ortho intramolecular Hbond substituents is 2. The molecule has 2 rings (SSSR count). The molecule has 0 aliphatic carbocycles. The molecule has 1 saturated heterocycles. The maximum atomic E-state index is 12.8. The lowest BCUT2D eigenvalue weighted by atomic mass is 10.00. The van der Waals surface area contributed by atoms with Gasteiger partial charge in [0.25, 0.3) is 0 Å². The standard InChI is InChI=1S/C13H17F3N2O2.ClH/c14-13(15,16)8-12(18-3-1-17-2-4-18)9-5-10(19)7-11(20)6-9;/h5-7,12,17,19-20H,1-4,8H2;1H/t12-;/m1./s1. The number of phenols is 2. The van der Waals surface area contributed by atoms with Gasteiger partial charge in [0.05, 0.1) is 6.42 Å². The summed E-state index contributed by atoms with van der Waals surface area (Å²) in [6, 6.07) is 2.76. The van der Waals surface area contributed by atoms with E-state index in [1.165, 1.54) is 12.1 Å². The molecule has 21 heavy (non-hydrogen) atoms. The molecule has 3 N–H and O–H groups in total. The molecule has 1 aliphatic rings. The third-order valence-electron chi connectivity index (χ3n) is 3.33. The lowest BCUT2D eigenvalue weighted by Crippen LogP contribution is -2.46. The number of hydrogen-bond acceptors (Lipinski definition) is 4. The maximum Gasteiger partial charge on any atom is 0.390 e. The van der Waals surface area contributed by atoms with Gasteiger partial charge in [0.2, 0.25) is 0 Å². The SMILES string of the molecule is Cl.Oc1cc(O)cc([C@@H](CC(F)(F)F)N2CCNCC2)c1. The van der Waals surface area contributed by atoms with Crippen LogP contribution in [0.1, 0.15) is 18.0 Å². The van der Waals surface area contributed by atoms with Gasteiger partial charge < -0.3 is 15.5 Å². The molecule has 0 spiro atoms. The molecule has 1 aliphatic heterocycles. The summed E-state index contributed by atoms with van der Waals surface area (Å²) in [4.78, 5) is 1.72. The van der Waals surface area contributed by atoms with Gasteiger partial charge in [0.15, 0.2) is 0 Å². The molecular formula is C13H18ClF3N2O2. The number of piperazine rings is 1. The minimum absolute atomic E-state index is 0. The van der Waals surface area contributed by atoms with Crippen LogP contribution in [0.15, 0.2) is 18.2 Å². The van der Waals surface area contributed by atoms with E-state index in [0.717, 1.165) is 6.07 Å². The zero-order chi connectivity index (χ0) is 14.8. The summed E-state index contributed by atoms with van der Waals surface area (Å²) >= 11 is 0. The molecule has 0 bridgehead atoms. The van der Waals surface area contributed by atoms with Crippen LogP contribution in [-0.2, 0) is 0 Å². The van der Waals surface area contributed by atoms with Crippen LogP contribution in [0.25, 0.3) is 0 Å². The molecule has 1 aromatic rings. The summed E-state index contributed by atoms with van der Waals surface area (Å²) in [5.41, 5.74) is 0.279. The van der Waals surface area contributed by atoms with Gasteiger partial charge in [-0.3, -0.25) is 4.90 Å². The van der Waals surface area contributed by atoms with Crippen molar-refractivity contribution in [3.63, 3.8) is 0 Å². The van der Waals surface area contributed by atoms with Gasteiger partial charge in [-0.1, -0.05) is 0 Å². The van der Waals surface area contributed by atoms with Gasteiger partial charge in [-0.25, -0.2) is 0 Å². The monoisotopic (exact) mass is 326 g/mol. The first-order chi connectivity index (χ1) is 9.35. The summed E-state index contributed by atoms with van der Waals surface area (Å²) in [5.74, 6) is -0.468. The van der Waals surface area contributed by atoms with Gasteiger partial charge in [0.1, 0.15) is 11.5 Å². The zero-order valence-electron chi connectivity index (χ0n) is 11.2. The third-order valence-corrected chi connectivity index (χ3v) is 3.33. The van der Waals surface area contributed by atoms with Crippen molar-refractivity contribution in [3.05, 3.63) is 23.8 Å². The molecule has 4 nitrogen and oxygen atoms in total. The number of halogens is 4. The average molecular weight is 327 g/mol. The van der Waals surface area contributed by atoms with E-state index in [1.807, 2.05) is 0 Å². The topological polar surface area (TPSA) is 55.7 Å². The van der Waals surface area contributed by atoms with Gasteiger partial charge in [-0.05, 0) is 17.7 Å². The molecule has 0 aromatic heterocycles. The van der Waals surface area contributed by atoms with Crippen LogP contribution in [0, 0.1) is 0 Å². The molecule has 1 heterocycles. The predicted molar refractivity (Wildman–Crippen MR) is 74.9 cm³/mol. The van der Waals surface area contributed by atoms with E-state index >= 15 is 0 Å². The molecule has 0 saturated carbocycles. The summed E-state index contributed by atoms with van der Waals surface area (Å²) in [5, 5.41) is 22.0. The van der Waals surface area contributed by atoms with Crippen molar-refractivity contribution in [1.29, 1.82) is 0 Å². The highest BCUT2D eigenvalue weighted by Crippen LogP contribution is 2.36. The van der Waals surface area contributed by atoms with Crippen LogP contribution in [0.2, 0.25) is 0 Å². The van der Waals surface area contributed by atoms with Crippen molar-refractivity contribution in [3.8, 4) is 11.5 Å². The fourth-order valence-electron chi connectivity index (χ4n) is 2.48. The van der Waals surface area contributed by atoms with Gasteiger partial charge in [0, 0.05) is 38.3 Å². The molecule has 1 fully saturated rings. The number of benzene rings is 1. The number of nitrogens with one attached hydrogen (secondary N) is 1. The Morgan fingerprint density at radius 2 is 1.62 bits per heavy atom. The van der Waals surface area contributed by atoms with Crippen LogP contribution >= 0.6 is 12.4 Å². The van der Waals surface area contributed by atoms with Gasteiger partial charge in [-0.15, -0.1) is 12.4 Å². The van der Waals surface area contributed by atoms with E-state index in [-0.39, 0.29) is 29.5 Å². The molecular weight excluding hydrogens is 309 g/mol. The molecule has 0 amide bonds. The second-order valence-corrected chi connectivity index (χ2v) is 4.90. The van der Waals surface area contributed by atoms with E-state index < -0.39 is 18.6 Å². The summed E-state index contributed by atoms with van der Waals surface area (Å²) in [6.45, 7) is 2.24. The van der Waals surface area contributed by atoms with Gasteiger partial charge in [-0.2, -0.15) is 13.2 Å². The lowest BCUT2D eigenvalue weighted by molar-refractivity contribution is -0.148. The highest BCUT2D eigenvalue weighted by atomic mass is 35.5. The van der Waals surface area contributed by atoms with Crippen molar-refractivity contribution in [1.82, 2.24) is 10.2 Å². The normalized spacial score (nSPS) is 18.0. The highest BCUT2D eigenvalue weighted by molar-refractivity contribution is 5.85. The quantitative estimate of drug-likeness (QED) is 0.798. The first kappa shape index (κ1) is 17.9.